The van der Waals surface area contributed by atoms with Crippen LogP contribution in [-0.2, 0) is 0 Å². The first-order valence-electron chi connectivity index (χ1n) is 7.55. The monoisotopic (exact) mass is 309 g/mol. The molecule has 3 rings (SSSR count). The molecule has 5 heteroatoms. The molecule has 0 saturated heterocycles. The lowest BCUT2D eigenvalue weighted by Crippen LogP contribution is -2.11. The van der Waals surface area contributed by atoms with Gasteiger partial charge in [0.1, 0.15) is 6.26 Å². The Labute approximate surface area is 134 Å². The molecule has 2 aromatic heterocycles. The largest absolute Gasteiger partial charge is 0.472 e. The maximum absolute atomic E-state index is 12.0. The van der Waals surface area contributed by atoms with E-state index < -0.39 is 0 Å². The van der Waals surface area contributed by atoms with Gasteiger partial charge in [0, 0.05) is 11.8 Å². The number of aromatic nitrogens is 2. The Morgan fingerprint density at radius 2 is 1.96 bits per heavy atom. The molecule has 0 fully saturated rings. The van der Waals surface area contributed by atoms with Crippen molar-refractivity contribution in [3.05, 3.63) is 65.7 Å². The van der Waals surface area contributed by atoms with Crippen LogP contribution in [0.5, 0.6) is 0 Å². The van der Waals surface area contributed by atoms with Crippen molar-refractivity contribution in [2.45, 2.75) is 26.7 Å². The summed E-state index contributed by atoms with van der Waals surface area (Å²) >= 11 is 0. The first-order chi connectivity index (χ1) is 11.0. The number of carbonyl (C=O) groups excluding carboxylic acids is 1. The molecule has 0 unspecified atom stereocenters. The van der Waals surface area contributed by atoms with Crippen LogP contribution >= 0.6 is 0 Å². The minimum Gasteiger partial charge on any atom is -0.472 e. The summed E-state index contributed by atoms with van der Waals surface area (Å²) in [6.07, 6.45) is 2.87. The third kappa shape index (κ3) is 3.18. The van der Waals surface area contributed by atoms with Gasteiger partial charge in [0.2, 0.25) is 0 Å². The van der Waals surface area contributed by atoms with Crippen LogP contribution in [0.3, 0.4) is 0 Å². The van der Waals surface area contributed by atoms with Gasteiger partial charge in [-0.1, -0.05) is 26.0 Å². The second-order valence-corrected chi connectivity index (χ2v) is 5.80. The summed E-state index contributed by atoms with van der Waals surface area (Å²) in [6, 6.07) is 11.7. The van der Waals surface area contributed by atoms with E-state index in [2.05, 4.69) is 36.4 Å². The van der Waals surface area contributed by atoms with Crippen molar-refractivity contribution in [3.8, 4) is 5.69 Å². The molecule has 118 valence electrons. The summed E-state index contributed by atoms with van der Waals surface area (Å²) in [6.45, 7) is 6.28. The summed E-state index contributed by atoms with van der Waals surface area (Å²) in [4.78, 5) is 12.0. The van der Waals surface area contributed by atoms with Gasteiger partial charge in [-0.15, -0.1) is 5.10 Å². The number of amides is 1. The standard InChI is InChI=1S/C18H19N3O2/c1-12(2)14-4-6-16(7-5-14)21-13(3)10-17(20-21)19-18(22)15-8-9-23-11-15/h4-12H,1-3H3,(H,19,20,22). The number of carbonyl (C=O) groups is 1. The quantitative estimate of drug-likeness (QED) is 0.787. The summed E-state index contributed by atoms with van der Waals surface area (Å²) in [7, 11) is 0. The molecule has 23 heavy (non-hydrogen) atoms. The first kappa shape index (κ1) is 15.1. The van der Waals surface area contributed by atoms with E-state index in [9.17, 15) is 4.79 Å². The molecule has 0 atom stereocenters. The van der Waals surface area contributed by atoms with Crippen molar-refractivity contribution in [2.24, 2.45) is 0 Å². The average Bonchev–Trinajstić information content (AvgIpc) is 3.17. The number of benzene rings is 1. The SMILES string of the molecule is Cc1cc(NC(=O)c2ccoc2)nn1-c1ccc(C(C)C)cc1. The van der Waals surface area contributed by atoms with Crippen molar-refractivity contribution in [3.63, 3.8) is 0 Å². The zero-order valence-electron chi connectivity index (χ0n) is 13.4. The zero-order chi connectivity index (χ0) is 16.4. The van der Waals surface area contributed by atoms with Gasteiger partial charge in [-0.05, 0) is 36.6 Å². The molecule has 3 aromatic rings. The van der Waals surface area contributed by atoms with Gasteiger partial charge in [-0.3, -0.25) is 4.79 Å². The molecule has 5 nitrogen and oxygen atoms in total. The third-order valence-electron chi connectivity index (χ3n) is 3.72. The Morgan fingerprint density at radius 1 is 1.22 bits per heavy atom. The number of hydrogen-bond donors (Lipinski definition) is 1. The highest BCUT2D eigenvalue weighted by Crippen LogP contribution is 2.19. The third-order valence-corrected chi connectivity index (χ3v) is 3.72. The summed E-state index contributed by atoms with van der Waals surface area (Å²) in [5, 5.41) is 7.23. The van der Waals surface area contributed by atoms with Crippen LogP contribution in [0.15, 0.2) is 53.3 Å². The molecule has 1 aromatic carbocycles. The normalized spacial score (nSPS) is 11.0. The molecule has 0 aliphatic rings. The minimum atomic E-state index is -0.237. The molecule has 2 heterocycles. The van der Waals surface area contributed by atoms with Crippen LogP contribution in [-0.4, -0.2) is 15.7 Å². The first-order valence-corrected chi connectivity index (χ1v) is 7.55. The van der Waals surface area contributed by atoms with Crippen LogP contribution in [0.4, 0.5) is 5.82 Å². The van der Waals surface area contributed by atoms with E-state index in [1.54, 1.807) is 6.07 Å². The van der Waals surface area contributed by atoms with E-state index in [1.165, 1.54) is 18.1 Å². The Kier molecular flexibility index (Phi) is 4.02. The summed E-state index contributed by atoms with van der Waals surface area (Å²) in [5.74, 6) is 0.771. The van der Waals surface area contributed by atoms with E-state index in [0.717, 1.165) is 11.4 Å². The van der Waals surface area contributed by atoms with Crippen LogP contribution < -0.4 is 5.32 Å². The Balaban J connectivity index is 1.82. The number of aryl methyl sites for hydroxylation is 1. The topological polar surface area (TPSA) is 60.1 Å². The Bertz CT molecular complexity index is 799. The molecule has 0 spiro atoms. The van der Waals surface area contributed by atoms with Gasteiger partial charge in [0.25, 0.3) is 5.91 Å². The highest BCUT2D eigenvalue weighted by Gasteiger charge is 2.12. The highest BCUT2D eigenvalue weighted by molar-refractivity contribution is 6.03. The van der Waals surface area contributed by atoms with Crippen molar-refractivity contribution in [1.82, 2.24) is 9.78 Å². The van der Waals surface area contributed by atoms with Crippen LogP contribution in [0.1, 0.15) is 41.4 Å². The van der Waals surface area contributed by atoms with Crippen molar-refractivity contribution in [2.75, 3.05) is 5.32 Å². The molecule has 0 aliphatic carbocycles. The molecule has 1 amide bonds. The number of nitrogens with zero attached hydrogens (tertiary/aromatic N) is 2. The van der Waals surface area contributed by atoms with Gasteiger partial charge in [0.15, 0.2) is 5.82 Å². The van der Waals surface area contributed by atoms with Crippen molar-refractivity contribution < 1.29 is 9.21 Å². The maximum atomic E-state index is 12.0. The Morgan fingerprint density at radius 3 is 2.57 bits per heavy atom. The lowest BCUT2D eigenvalue weighted by Gasteiger charge is -2.08. The molecule has 0 saturated carbocycles. The van der Waals surface area contributed by atoms with Gasteiger partial charge in [-0.2, -0.15) is 0 Å². The lowest BCUT2D eigenvalue weighted by molar-refractivity contribution is 0.102. The number of nitrogens with one attached hydrogen (secondary N) is 1. The maximum Gasteiger partial charge on any atom is 0.260 e. The van der Waals surface area contributed by atoms with Crippen LogP contribution in [0, 0.1) is 6.92 Å². The Hall–Kier alpha value is -2.82. The van der Waals surface area contributed by atoms with E-state index in [4.69, 9.17) is 4.42 Å². The van der Waals surface area contributed by atoms with Gasteiger partial charge >= 0.3 is 0 Å². The van der Waals surface area contributed by atoms with Crippen molar-refractivity contribution in [1.29, 1.82) is 0 Å². The number of hydrogen-bond acceptors (Lipinski definition) is 3. The molecule has 0 aliphatic heterocycles. The number of furan rings is 1. The van der Waals surface area contributed by atoms with E-state index in [-0.39, 0.29) is 5.91 Å². The second kappa shape index (κ2) is 6.12. The number of rotatable bonds is 4. The fraction of sp³-hybridized carbons (Fsp3) is 0.222. The average molecular weight is 309 g/mol. The predicted molar refractivity (Wildman–Crippen MR) is 89.1 cm³/mol. The fourth-order valence-corrected chi connectivity index (χ4v) is 2.38. The molecule has 0 radical (unpaired) electrons. The number of anilines is 1. The molecule has 1 N–H and O–H groups in total. The minimum absolute atomic E-state index is 0.237. The van der Waals surface area contributed by atoms with Gasteiger partial charge in [-0.25, -0.2) is 4.68 Å². The smallest absolute Gasteiger partial charge is 0.260 e. The summed E-state index contributed by atoms with van der Waals surface area (Å²) in [5.41, 5.74) is 3.67. The van der Waals surface area contributed by atoms with E-state index >= 15 is 0 Å². The molecular weight excluding hydrogens is 290 g/mol. The van der Waals surface area contributed by atoms with Crippen LogP contribution in [0.2, 0.25) is 0 Å². The zero-order valence-corrected chi connectivity index (χ0v) is 13.4. The summed E-state index contributed by atoms with van der Waals surface area (Å²) < 4.78 is 6.73. The van der Waals surface area contributed by atoms with Gasteiger partial charge in [0.05, 0.1) is 17.5 Å². The van der Waals surface area contributed by atoms with E-state index in [1.807, 2.05) is 29.8 Å². The highest BCUT2D eigenvalue weighted by atomic mass is 16.3. The fourth-order valence-electron chi connectivity index (χ4n) is 2.38. The van der Waals surface area contributed by atoms with Crippen molar-refractivity contribution >= 4 is 11.7 Å². The second-order valence-electron chi connectivity index (χ2n) is 5.80. The lowest BCUT2D eigenvalue weighted by atomic mass is 10.0. The molecular formula is C18H19N3O2. The molecule has 0 bridgehead atoms. The van der Waals surface area contributed by atoms with E-state index in [0.29, 0.717) is 17.3 Å². The predicted octanol–water partition coefficient (Wildman–Crippen LogP) is 4.15. The van der Waals surface area contributed by atoms with Gasteiger partial charge < -0.3 is 9.73 Å². The van der Waals surface area contributed by atoms with Crippen LogP contribution in [0.25, 0.3) is 5.69 Å².